The number of aldehydes is 1. The number of hydrogen-bond acceptors (Lipinski definition) is 4. The van der Waals surface area contributed by atoms with Crippen molar-refractivity contribution >= 4 is 12.3 Å². The maximum absolute atomic E-state index is 12.7. The molecular weight excluding hydrogens is 232 g/mol. The van der Waals surface area contributed by atoms with Gasteiger partial charge in [-0.3, -0.25) is 4.79 Å². The molecule has 0 N–H and O–H groups in total. The topological polar surface area (TPSA) is 67.2 Å². The average molecular weight is 239 g/mol. The summed E-state index contributed by atoms with van der Waals surface area (Å²) in [5, 5.41) is 8.71. The predicted octanol–water partition coefficient (Wildman–Crippen LogP) is 2.09. The van der Waals surface area contributed by atoms with Crippen molar-refractivity contribution in [3.8, 4) is 6.07 Å². The summed E-state index contributed by atoms with van der Waals surface area (Å²) in [6.45, 7) is 0. The van der Waals surface area contributed by atoms with Crippen molar-refractivity contribution in [2.24, 2.45) is 0 Å². The molecule has 4 nitrogen and oxygen atoms in total. The zero-order valence-electron chi connectivity index (χ0n) is 8.74. The van der Waals surface area contributed by atoms with E-state index in [1.54, 1.807) is 6.07 Å². The van der Waals surface area contributed by atoms with Gasteiger partial charge < -0.3 is 4.74 Å². The molecule has 0 saturated carbocycles. The van der Waals surface area contributed by atoms with Gasteiger partial charge in [-0.05, 0) is 6.07 Å². The van der Waals surface area contributed by atoms with Crippen LogP contribution in [-0.2, 0) is 4.74 Å². The first kappa shape index (κ1) is 12.8. The lowest BCUT2D eigenvalue weighted by Crippen LogP contribution is -2.11. The normalized spacial score (nSPS) is 9.82. The Hall–Kier alpha value is -2.29. The fourth-order valence-electron chi connectivity index (χ4n) is 1.37. The van der Waals surface area contributed by atoms with E-state index in [0.29, 0.717) is 0 Å². The Morgan fingerprint density at radius 3 is 2.59 bits per heavy atom. The van der Waals surface area contributed by atoms with Crippen LogP contribution in [-0.4, -0.2) is 19.4 Å². The standard InChI is InChI=1S/C11H7F2NO3/c1-17-11(16)9-7(10(12)13)3-2-6(4-14)8(9)5-15/h2-3,5,10H,1H3. The van der Waals surface area contributed by atoms with Crippen LogP contribution in [0.3, 0.4) is 0 Å². The second-order valence-electron chi connectivity index (χ2n) is 3.01. The number of halogens is 2. The third-order valence-electron chi connectivity index (χ3n) is 2.14. The van der Waals surface area contributed by atoms with Crippen molar-refractivity contribution in [3.63, 3.8) is 0 Å². The highest BCUT2D eigenvalue weighted by Crippen LogP contribution is 2.27. The van der Waals surface area contributed by atoms with E-state index in [0.717, 1.165) is 19.2 Å². The van der Waals surface area contributed by atoms with Crippen LogP contribution in [0.4, 0.5) is 8.78 Å². The molecule has 0 unspecified atom stereocenters. The zero-order chi connectivity index (χ0) is 13.0. The zero-order valence-corrected chi connectivity index (χ0v) is 8.74. The predicted molar refractivity (Wildman–Crippen MR) is 52.8 cm³/mol. The monoisotopic (exact) mass is 239 g/mol. The summed E-state index contributed by atoms with van der Waals surface area (Å²) in [6.07, 6.45) is -2.74. The highest BCUT2D eigenvalue weighted by molar-refractivity contribution is 6.01. The van der Waals surface area contributed by atoms with Gasteiger partial charge in [0.1, 0.15) is 0 Å². The largest absolute Gasteiger partial charge is 0.465 e. The van der Waals surface area contributed by atoms with Crippen molar-refractivity contribution in [1.82, 2.24) is 0 Å². The number of carbonyl (C=O) groups excluding carboxylic acids is 2. The number of nitriles is 1. The van der Waals surface area contributed by atoms with Gasteiger partial charge in [-0.1, -0.05) is 6.07 Å². The maximum Gasteiger partial charge on any atom is 0.339 e. The summed E-state index contributed by atoms with van der Waals surface area (Å²) < 4.78 is 29.7. The quantitative estimate of drug-likeness (QED) is 0.598. The molecule has 1 aromatic rings. The Morgan fingerprint density at radius 1 is 1.53 bits per heavy atom. The molecule has 17 heavy (non-hydrogen) atoms. The van der Waals surface area contributed by atoms with Crippen LogP contribution in [0.2, 0.25) is 0 Å². The molecule has 0 radical (unpaired) electrons. The number of methoxy groups -OCH3 is 1. The number of rotatable bonds is 3. The molecule has 0 aliphatic carbocycles. The first-order valence-corrected chi connectivity index (χ1v) is 4.45. The van der Waals surface area contributed by atoms with Gasteiger partial charge >= 0.3 is 5.97 Å². The minimum Gasteiger partial charge on any atom is -0.465 e. The molecule has 0 aliphatic heterocycles. The van der Waals surface area contributed by atoms with Crippen molar-refractivity contribution in [3.05, 3.63) is 34.4 Å². The van der Waals surface area contributed by atoms with Gasteiger partial charge in [0.2, 0.25) is 0 Å². The van der Waals surface area contributed by atoms with Gasteiger partial charge in [0.05, 0.1) is 24.3 Å². The van der Waals surface area contributed by atoms with Crippen molar-refractivity contribution in [1.29, 1.82) is 5.26 Å². The lowest BCUT2D eigenvalue weighted by molar-refractivity contribution is 0.0586. The van der Waals surface area contributed by atoms with E-state index >= 15 is 0 Å². The van der Waals surface area contributed by atoms with Crippen LogP contribution in [0.5, 0.6) is 0 Å². The minimum atomic E-state index is -2.93. The Balaban J connectivity index is 3.63. The smallest absolute Gasteiger partial charge is 0.339 e. The molecule has 0 fully saturated rings. The van der Waals surface area contributed by atoms with E-state index in [9.17, 15) is 18.4 Å². The third-order valence-corrected chi connectivity index (χ3v) is 2.14. The number of nitrogens with zero attached hydrogens (tertiary/aromatic N) is 1. The second-order valence-corrected chi connectivity index (χ2v) is 3.01. The minimum absolute atomic E-state index is 0.148. The van der Waals surface area contributed by atoms with Crippen molar-refractivity contribution in [2.75, 3.05) is 7.11 Å². The lowest BCUT2D eigenvalue weighted by atomic mass is 9.97. The lowest BCUT2D eigenvalue weighted by Gasteiger charge is -2.10. The van der Waals surface area contributed by atoms with E-state index in [4.69, 9.17) is 5.26 Å². The first-order valence-electron chi connectivity index (χ1n) is 4.45. The van der Waals surface area contributed by atoms with E-state index < -0.39 is 23.5 Å². The van der Waals surface area contributed by atoms with Crippen LogP contribution in [0.1, 0.15) is 38.3 Å². The fourth-order valence-corrected chi connectivity index (χ4v) is 1.37. The van der Waals surface area contributed by atoms with Gasteiger partial charge in [0, 0.05) is 11.1 Å². The molecule has 0 heterocycles. The molecule has 0 amide bonds. The fraction of sp³-hybridized carbons (Fsp3) is 0.182. The van der Waals surface area contributed by atoms with Crippen molar-refractivity contribution < 1.29 is 23.1 Å². The molecule has 6 heteroatoms. The van der Waals surface area contributed by atoms with Gasteiger partial charge in [-0.25, -0.2) is 13.6 Å². The summed E-state index contributed by atoms with van der Waals surface area (Å²) in [6, 6.07) is 3.65. The number of hydrogen-bond donors (Lipinski definition) is 0. The number of benzene rings is 1. The molecule has 88 valence electrons. The molecule has 0 aliphatic rings. The number of carbonyl (C=O) groups is 2. The van der Waals surface area contributed by atoms with Crippen LogP contribution < -0.4 is 0 Å². The highest BCUT2D eigenvalue weighted by atomic mass is 19.3. The van der Waals surface area contributed by atoms with Gasteiger partial charge in [-0.15, -0.1) is 0 Å². The number of ether oxygens (including phenoxy) is 1. The molecule has 0 spiro atoms. The Labute approximate surface area is 95.4 Å². The molecule has 1 aromatic carbocycles. The van der Waals surface area contributed by atoms with Gasteiger partial charge in [0.25, 0.3) is 6.43 Å². The summed E-state index contributed by atoms with van der Waals surface area (Å²) in [5.41, 5.74) is -1.71. The molecule has 0 atom stereocenters. The average Bonchev–Trinajstić information content (AvgIpc) is 2.35. The third kappa shape index (κ3) is 2.28. The van der Waals surface area contributed by atoms with E-state index in [-0.39, 0.29) is 17.4 Å². The molecule has 0 aromatic heterocycles. The summed E-state index contributed by atoms with van der Waals surface area (Å²) in [7, 11) is 1.01. The first-order chi connectivity index (χ1) is 8.06. The van der Waals surface area contributed by atoms with Crippen LogP contribution in [0.25, 0.3) is 0 Å². The van der Waals surface area contributed by atoms with E-state index in [1.807, 2.05) is 0 Å². The highest BCUT2D eigenvalue weighted by Gasteiger charge is 2.24. The van der Waals surface area contributed by atoms with E-state index in [1.165, 1.54) is 0 Å². The molecule has 0 saturated heterocycles. The van der Waals surface area contributed by atoms with E-state index in [2.05, 4.69) is 4.74 Å². The van der Waals surface area contributed by atoms with Crippen molar-refractivity contribution in [2.45, 2.75) is 6.43 Å². The van der Waals surface area contributed by atoms with Gasteiger partial charge in [0.15, 0.2) is 6.29 Å². The molecule has 0 bridgehead atoms. The van der Waals surface area contributed by atoms with Gasteiger partial charge in [-0.2, -0.15) is 5.26 Å². The van der Waals surface area contributed by atoms with Crippen LogP contribution >= 0.6 is 0 Å². The molecular formula is C11H7F2NO3. The number of alkyl halides is 2. The maximum atomic E-state index is 12.7. The SMILES string of the molecule is COC(=O)c1c(C(F)F)ccc(C#N)c1C=O. The Bertz CT molecular complexity index is 506. The number of esters is 1. The Kier molecular flexibility index (Phi) is 3.88. The molecule has 1 rings (SSSR count). The summed E-state index contributed by atoms with van der Waals surface area (Å²) >= 11 is 0. The summed E-state index contributed by atoms with van der Waals surface area (Å²) in [4.78, 5) is 22.2. The van der Waals surface area contributed by atoms with Crippen LogP contribution in [0.15, 0.2) is 12.1 Å². The Morgan fingerprint density at radius 2 is 2.18 bits per heavy atom. The van der Waals surface area contributed by atoms with Crippen LogP contribution in [0, 0.1) is 11.3 Å². The summed E-state index contributed by atoms with van der Waals surface area (Å²) in [5.74, 6) is -1.07. The second kappa shape index (κ2) is 5.16.